The molecule has 0 saturated heterocycles. The van der Waals surface area contributed by atoms with Gasteiger partial charge in [-0.2, -0.15) is 5.26 Å². The Hall–Kier alpha value is -2.10. The van der Waals surface area contributed by atoms with Crippen LogP contribution in [0.5, 0.6) is 0 Å². The third-order valence-electron chi connectivity index (χ3n) is 1.49. The highest BCUT2D eigenvalue weighted by Crippen LogP contribution is 1.97. The molecule has 7 heteroatoms. The monoisotopic (exact) mass is 214 g/mol. The van der Waals surface area contributed by atoms with Gasteiger partial charge in [0.1, 0.15) is 6.04 Å². The minimum atomic E-state index is -1.20. The SMILES string of the molecule is COC(=O)C[C@H](NC(=O)C#N)C(=O)OC. The Kier molecular flexibility index (Phi) is 5.48. The van der Waals surface area contributed by atoms with Crippen LogP contribution in [0.2, 0.25) is 0 Å². The number of carbonyl (C=O) groups is 3. The summed E-state index contributed by atoms with van der Waals surface area (Å²) in [4.78, 5) is 32.6. The Bertz CT molecular complexity index is 307. The summed E-state index contributed by atoms with van der Waals surface area (Å²) >= 11 is 0. The fraction of sp³-hybridized carbons (Fsp3) is 0.500. The number of carbonyl (C=O) groups excluding carboxylic acids is 3. The van der Waals surface area contributed by atoms with E-state index >= 15 is 0 Å². The van der Waals surface area contributed by atoms with Gasteiger partial charge in [-0.25, -0.2) is 4.79 Å². The molecule has 0 bridgehead atoms. The van der Waals surface area contributed by atoms with Crippen molar-refractivity contribution in [2.24, 2.45) is 0 Å². The summed E-state index contributed by atoms with van der Waals surface area (Å²) < 4.78 is 8.64. The van der Waals surface area contributed by atoms with Crippen molar-refractivity contribution in [3.63, 3.8) is 0 Å². The van der Waals surface area contributed by atoms with Crippen molar-refractivity contribution in [1.29, 1.82) is 5.26 Å². The van der Waals surface area contributed by atoms with Crippen molar-refractivity contribution in [2.75, 3.05) is 14.2 Å². The van der Waals surface area contributed by atoms with Crippen molar-refractivity contribution >= 4 is 17.8 Å². The predicted octanol–water partition coefficient (Wildman–Crippen LogP) is -1.27. The molecule has 0 aliphatic heterocycles. The molecule has 0 aliphatic carbocycles. The first-order chi connectivity index (χ1) is 7.04. The molecule has 0 fully saturated rings. The van der Waals surface area contributed by atoms with E-state index in [2.05, 4.69) is 9.47 Å². The third kappa shape index (κ3) is 4.61. The standard InChI is InChI=1S/C8H10N2O5/c1-14-7(12)3-5(8(13)15-2)10-6(11)4-9/h5H,3H2,1-2H3,(H,10,11)/t5-/m0/s1. The molecule has 0 aromatic rings. The van der Waals surface area contributed by atoms with Crippen molar-refractivity contribution < 1.29 is 23.9 Å². The van der Waals surface area contributed by atoms with Gasteiger partial charge in [-0.1, -0.05) is 0 Å². The minimum absolute atomic E-state index is 0.378. The van der Waals surface area contributed by atoms with Crippen molar-refractivity contribution in [3.8, 4) is 6.07 Å². The molecule has 0 spiro atoms. The first kappa shape index (κ1) is 12.9. The van der Waals surface area contributed by atoms with Crippen molar-refractivity contribution in [3.05, 3.63) is 0 Å². The largest absolute Gasteiger partial charge is 0.469 e. The topological polar surface area (TPSA) is 105 Å². The van der Waals surface area contributed by atoms with Crippen LogP contribution in [0, 0.1) is 11.3 Å². The summed E-state index contributed by atoms with van der Waals surface area (Å²) in [6, 6.07) is 0.0563. The van der Waals surface area contributed by atoms with E-state index in [0.29, 0.717) is 0 Å². The highest BCUT2D eigenvalue weighted by atomic mass is 16.5. The van der Waals surface area contributed by atoms with E-state index in [1.54, 1.807) is 0 Å². The van der Waals surface area contributed by atoms with Gasteiger partial charge in [-0.3, -0.25) is 9.59 Å². The van der Waals surface area contributed by atoms with Gasteiger partial charge in [0.05, 0.1) is 20.6 Å². The van der Waals surface area contributed by atoms with E-state index in [1.165, 1.54) is 6.07 Å². The van der Waals surface area contributed by atoms with Gasteiger partial charge in [0.2, 0.25) is 0 Å². The number of esters is 2. The van der Waals surface area contributed by atoms with Crippen LogP contribution in [-0.2, 0) is 23.9 Å². The zero-order valence-corrected chi connectivity index (χ0v) is 8.27. The Morgan fingerprint density at radius 2 is 1.93 bits per heavy atom. The average molecular weight is 214 g/mol. The lowest BCUT2D eigenvalue weighted by molar-refractivity contribution is -0.150. The van der Waals surface area contributed by atoms with E-state index in [-0.39, 0.29) is 6.42 Å². The number of nitrogens with zero attached hydrogens (tertiary/aromatic N) is 1. The molecule has 0 saturated carbocycles. The Labute approximate surface area is 85.9 Å². The molecule has 0 radical (unpaired) electrons. The summed E-state index contributed by atoms with van der Waals surface area (Å²) in [6.45, 7) is 0. The molecule has 82 valence electrons. The van der Waals surface area contributed by atoms with E-state index in [4.69, 9.17) is 5.26 Å². The summed E-state index contributed by atoms with van der Waals surface area (Å²) in [7, 11) is 2.24. The number of ether oxygens (including phenoxy) is 2. The second-order valence-corrected chi connectivity index (χ2v) is 2.44. The number of rotatable bonds is 4. The van der Waals surface area contributed by atoms with Gasteiger partial charge in [-0.15, -0.1) is 0 Å². The molecule has 0 unspecified atom stereocenters. The molecule has 15 heavy (non-hydrogen) atoms. The molecule has 0 rings (SSSR count). The predicted molar refractivity (Wildman–Crippen MR) is 46.2 cm³/mol. The number of hydrogen-bond acceptors (Lipinski definition) is 6. The molecule has 1 amide bonds. The van der Waals surface area contributed by atoms with E-state index in [1.807, 2.05) is 5.32 Å². The highest BCUT2D eigenvalue weighted by Gasteiger charge is 2.24. The number of nitriles is 1. The van der Waals surface area contributed by atoms with Crippen LogP contribution in [0.4, 0.5) is 0 Å². The molecule has 0 aromatic heterocycles. The van der Waals surface area contributed by atoms with Gasteiger partial charge < -0.3 is 14.8 Å². The van der Waals surface area contributed by atoms with Gasteiger partial charge in [0, 0.05) is 0 Å². The Balaban J connectivity index is 4.46. The molecular weight excluding hydrogens is 204 g/mol. The van der Waals surface area contributed by atoms with E-state index < -0.39 is 23.9 Å². The number of amides is 1. The third-order valence-corrected chi connectivity index (χ3v) is 1.49. The smallest absolute Gasteiger partial charge is 0.329 e. The molecular formula is C8H10N2O5. The number of methoxy groups -OCH3 is 2. The van der Waals surface area contributed by atoms with Crippen LogP contribution in [0.15, 0.2) is 0 Å². The highest BCUT2D eigenvalue weighted by molar-refractivity contribution is 5.95. The maximum absolute atomic E-state index is 11.1. The minimum Gasteiger partial charge on any atom is -0.469 e. The van der Waals surface area contributed by atoms with E-state index in [0.717, 1.165) is 14.2 Å². The van der Waals surface area contributed by atoms with Gasteiger partial charge in [-0.05, 0) is 0 Å². The van der Waals surface area contributed by atoms with Crippen LogP contribution < -0.4 is 5.32 Å². The number of nitrogens with one attached hydrogen (secondary N) is 1. The quantitative estimate of drug-likeness (QED) is 0.462. The van der Waals surface area contributed by atoms with Crippen molar-refractivity contribution in [1.82, 2.24) is 5.32 Å². The molecule has 1 atom stereocenters. The van der Waals surface area contributed by atoms with Gasteiger partial charge in [0.15, 0.2) is 6.07 Å². The second kappa shape index (κ2) is 6.37. The van der Waals surface area contributed by atoms with Crippen LogP contribution in [0.25, 0.3) is 0 Å². The summed E-state index contributed by atoms with van der Waals surface area (Å²) in [5, 5.41) is 10.2. The Morgan fingerprint density at radius 3 is 2.33 bits per heavy atom. The lowest BCUT2D eigenvalue weighted by Crippen LogP contribution is -2.42. The van der Waals surface area contributed by atoms with Crippen LogP contribution in [0.1, 0.15) is 6.42 Å². The molecule has 0 aliphatic rings. The maximum atomic E-state index is 11.1. The van der Waals surface area contributed by atoms with Crippen LogP contribution in [-0.4, -0.2) is 38.1 Å². The molecule has 0 heterocycles. The summed E-state index contributed by atoms with van der Waals surface area (Å²) in [6.07, 6.45) is -0.378. The first-order valence-corrected chi connectivity index (χ1v) is 3.90. The average Bonchev–Trinajstić information content (AvgIpc) is 2.26. The number of hydrogen-bond donors (Lipinski definition) is 1. The van der Waals surface area contributed by atoms with Crippen molar-refractivity contribution in [2.45, 2.75) is 12.5 Å². The second-order valence-electron chi connectivity index (χ2n) is 2.44. The molecule has 1 N–H and O–H groups in total. The van der Waals surface area contributed by atoms with Crippen LogP contribution in [0.3, 0.4) is 0 Å². The lowest BCUT2D eigenvalue weighted by atomic mass is 10.2. The Morgan fingerprint density at radius 1 is 1.33 bits per heavy atom. The zero-order chi connectivity index (χ0) is 11.8. The summed E-state index contributed by atoms with van der Waals surface area (Å²) in [5.41, 5.74) is 0. The lowest BCUT2D eigenvalue weighted by Gasteiger charge is -2.12. The fourth-order valence-corrected chi connectivity index (χ4v) is 0.776. The van der Waals surface area contributed by atoms with Gasteiger partial charge >= 0.3 is 17.8 Å². The van der Waals surface area contributed by atoms with E-state index in [9.17, 15) is 14.4 Å². The zero-order valence-electron chi connectivity index (χ0n) is 8.27. The van der Waals surface area contributed by atoms with Gasteiger partial charge in [0.25, 0.3) is 0 Å². The maximum Gasteiger partial charge on any atom is 0.329 e. The van der Waals surface area contributed by atoms with Crippen LogP contribution >= 0.6 is 0 Å². The summed E-state index contributed by atoms with van der Waals surface area (Å²) in [5.74, 6) is -2.53. The normalized spacial score (nSPS) is 10.7. The fourth-order valence-electron chi connectivity index (χ4n) is 0.776. The first-order valence-electron chi connectivity index (χ1n) is 3.90. The molecule has 7 nitrogen and oxygen atoms in total. The molecule has 0 aromatic carbocycles.